The lowest BCUT2D eigenvalue weighted by Gasteiger charge is -1.98. The second-order valence-corrected chi connectivity index (χ2v) is 2.91. The van der Waals surface area contributed by atoms with Crippen LogP contribution in [-0.4, -0.2) is 4.98 Å². The van der Waals surface area contributed by atoms with Gasteiger partial charge in [0.05, 0.1) is 37.9 Å². The van der Waals surface area contributed by atoms with E-state index in [0.29, 0.717) is 6.42 Å². The highest BCUT2D eigenvalue weighted by Gasteiger charge is 2.15. The molecule has 0 amide bonds. The average molecular weight is 175 g/mol. The van der Waals surface area contributed by atoms with E-state index in [4.69, 9.17) is 10.5 Å². The minimum absolute atomic E-state index is 0.213. The number of H-pyrrole nitrogens is 1. The number of aryl methyl sites for hydroxylation is 1. The van der Waals surface area contributed by atoms with Gasteiger partial charge in [-0.1, -0.05) is 0 Å². The minimum atomic E-state index is -0.213. The molecule has 0 saturated heterocycles. The number of aromatic amines is 1. The molecular formula is C9H11N4+. The first-order chi connectivity index (χ1) is 6.27. The Morgan fingerprint density at radius 1 is 1.62 bits per heavy atom. The molecular weight excluding hydrogens is 164 g/mol. The SMILES string of the molecule is C[n+]1cc[nH]c1CC(C#N)CC#N. The van der Waals surface area contributed by atoms with Crippen molar-refractivity contribution in [3.63, 3.8) is 0 Å². The monoisotopic (exact) mass is 175 g/mol. The molecule has 0 aliphatic carbocycles. The zero-order chi connectivity index (χ0) is 9.68. The van der Waals surface area contributed by atoms with Gasteiger partial charge in [-0.05, 0) is 0 Å². The highest BCUT2D eigenvalue weighted by atomic mass is 15.0. The van der Waals surface area contributed by atoms with Crippen LogP contribution in [-0.2, 0) is 13.5 Å². The predicted molar refractivity (Wildman–Crippen MR) is 45.0 cm³/mol. The van der Waals surface area contributed by atoms with Crippen LogP contribution in [0, 0.1) is 28.6 Å². The van der Waals surface area contributed by atoms with Crippen molar-refractivity contribution in [3.05, 3.63) is 18.2 Å². The van der Waals surface area contributed by atoms with Crippen molar-refractivity contribution in [2.24, 2.45) is 13.0 Å². The van der Waals surface area contributed by atoms with Crippen LogP contribution in [0.15, 0.2) is 12.4 Å². The molecule has 0 saturated carbocycles. The lowest BCUT2D eigenvalue weighted by atomic mass is 10.0. The summed E-state index contributed by atoms with van der Waals surface area (Å²) in [7, 11) is 1.91. The van der Waals surface area contributed by atoms with Gasteiger partial charge in [0.2, 0.25) is 0 Å². The van der Waals surface area contributed by atoms with Crippen molar-refractivity contribution in [1.29, 1.82) is 10.5 Å². The molecule has 13 heavy (non-hydrogen) atoms. The number of aromatic nitrogens is 2. The summed E-state index contributed by atoms with van der Waals surface area (Å²) in [5.41, 5.74) is 0. The number of imidazole rings is 1. The van der Waals surface area contributed by atoms with Crippen molar-refractivity contribution in [2.45, 2.75) is 12.8 Å². The van der Waals surface area contributed by atoms with Crippen molar-refractivity contribution < 1.29 is 4.57 Å². The van der Waals surface area contributed by atoms with Crippen LogP contribution in [0.5, 0.6) is 0 Å². The maximum atomic E-state index is 8.72. The van der Waals surface area contributed by atoms with Gasteiger partial charge in [0, 0.05) is 0 Å². The number of hydrogen-bond acceptors (Lipinski definition) is 2. The normalized spacial score (nSPS) is 11.6. The van der Waals surface area contributed by atoms with Crippen molar-refractivity contribution >= 4 is 0 Å². The first kappa shape index (κ1) is 9.28. The molecule has 66 valence electrons. The number of nitrogens with zero attached hydrogens (tertiary/aromatic N) is 3. The standard InChI is InChI=1S/C9H10N4/c1-13-5-4-12-9(13)6-8(7-11)2-3-10/h4-5,8H,2,6H2,1H3/p+1. The molecule has 1 aromatic heterocycles. The first-order valence-electron chi connectivity index (χ1n) is 4.06. The molecule has 0 spiro atoms. The van der Waals surface area contributed by atoms with Gasteiger partial charge in [0.25, 0.3) is 5.82 Å². The van der Waals surface area contributed by atoms with Crippen LogP contribution in [0.3, 0.4) is 0 Å². The molecule has 1 unspecified atom stereocenters. The molecule has 0 aliphatic heterocycles. The fourth-order valence-electron chi connectivity index (χ4n) is 1.15. The van der Waals surface area contributed by atoms with Gasteiger partial charge in [-0.15, -0.1) is 0 Å². The Morgan fingerprint density at radius 3 is 2.85 bits per heavy atom. The summed E-state index contributed by atoms with van der Waals surface area (Å²) in [4.78, 5) is 3.03. The molecule has 4 heteroatoms. The highest BCUT2D eigenvalue weighted by Crippen LogP contribution is 2.05. The Labute approximate surface area is 77.0 Å². The predicted octanol–water partition coefficient (Wildman–Crippen LogP) is 0.435. The van der Waals surface area contributed by atoms with Gasteiger partial charge in [-0.3, -0.25) is 0 Å². The van der Waals surface area contributed by atoms with E-state index in [9.17, 15) is 0 Å². The third-order valence-electron chi connectivity index (χ3n) is 1.93. The second kappa shape index (κ2) is 4.27. The molecule has 0 aliphatic rings. The van der Waals surface area contributed by atoms with E-state index >= 15 is 0 Å². The lowest BCUT2D eigenvalue weighted by molar-refractivity contribution is -0.678. The number of hydrogen-bond donors (Lipinski definition) is 1. The summed E-state index contributed by atoms with van der Waals surface area (Å²) < 4.78 is 1.92. The topological polar surface area (TPSA) is 67.2 Å². The molecule has 1 heterocycles. The molecule has 0 fully saturated rings. The fraction of sp³-hybridized carbons (Fsp3) is 0.444. The zero-order valence-electron chi connectivity index (χ0n) is 7.49. The Hall–Kier alpha value is -1.81. The van der Waals surface area contributed by atoms with Gasteiger partial charge >= 0.3 is 0 Å². The molecule has 1 aromatic rings. The maximum absolute atomic E-state index is 8.72. The Kier molecular flexibility index (Phi) is 3.05. The van der Waals surface area contributed by atoms with E-state index in [1.807, 2.05) is 30.1 Å². The average Bonchev–Trinajstić information content (AvgIpc) is 2.51. The largest absolute Gasteiger partial charge is 0.255 e. The van der Waals surface area contributed by atoms with Crippen molar-refractivity contribution in [3.8, 4) is 12.1 Å². The molecule has 0 aromatic carbocycles. The quantitative estimate of drug-likeness (QED) is 0.677. The van der Waals surface area contributed by atoms with E-state index in [1.165, 1.54) is 0 Å². The van der Waals surface area contributed by atoms with E-state index < -0.39 is 0 Å². The second-order valence-electron chi connectivity index (χ2n) is 2.91. The summed E-state index contributed by atoms with van der Waals surface area (Å²) in [6.45, 7) is 0. The van der Waals surface area contributed by atoms with Crippen LogP contribution in [0.2, 0.25) is 0 Å². The minimum Gasteiger partial charge on any atom is -0.248 e. The number of rotatable bonds is 3. The highest BCUT2D eigenvalue weighted by molar-refractivity contribution is 4.95. The van der Waals surface area contributed by atoms with Gasteiger partial charge in [0.1, 0.15) is 12.4 Å². The summed E-state index contributed by atoms with van der Waals surface area (Å²) in [6, 6.07) is 4.12. The summed E-state index contributed by atoms with van der Waals surface area (Å²) in [6.07, 6.45) is 4.59. The van der Waals surface area contributed by atoms with Crippen molar-refractivity contribution in [1.82, 2.24) is 4.98 Å². The Bertz CT molecular complexity index is 352. The first-order valence-corrected chi connectivity index (χ1v) is 4.06. The van der Waals surface area contributed by atoms with Crippen LogP contribution < -0.4 is 4.57 Å². The molecule has 0 radical (unpaired) electrons. The summed E-state index contributed by atoms with van der Waals surface area (Å²) >= 11 is 0. The zero-order valence-corrected chi connectivity index (χ0v) is 7.49. The van der Waals surface area contributed by atoms with Gasteiger partial charge < -0.3 is 0 Å². The van der Waals surface area contributed by atoms with Gasteiger partial charge in [-0.25, -0.2) is 9.55 Å². The van der Waals surface area contributed by atoms with Crippen LogP contribution in [0.4, 0.5) is 0 Å². The third kappa shape index (κ3) is 2.31. The Balaban J connectivity index is 2.64. The molecule has 1 rings (SSSR count). The fourth-order valence-corrected chi connectivity index (χ4v) is 1.15. The van der Waals surface area contributed by atoms with E-state index in [-0.39, 0.29) is 12.3 Å². The molecule has 1 N–H and O–H groups in total. The van der Waals surface area contributed by atoms with Crippen LogP contribution in [0.1, 0.15) is 12.2 Å². The smallest absolute Gasteiger partial charge is 0.248 e. The maximum Gasteiger partial charge on any atom is 0.255 e. The van der Waals surface area contributed by atoms with Crippen molar-refractivity contribution in [2.75, 3.05) is 0 Å². The lowest BCUT2D eigenvalue weighted by Crippen LogP contribution is -2.31. The van der Waals surface area contributed by atoms with E-state index in [1.54, 1.807) is 0 Å². The summed E-state index contributed by atoms with van der Waals surface area (Å²) in [5.74, 6) is 0.761. The third-order valence-corrected chi connectivity index (χ3v) is 1.93. The van der Waals surface area contributed by atoms with Gasteiger partial charge in [-0.2, -0.15) is 10.5 Å². The molecule has 0 bridgehead atoms. The summed E-state index contributed by atoms with van der Waals surface area (Å²) in [5, 5.41) is 17.2. The van der Waals surface area contributed by atoms with E-state index in [0.717, 1.165) is 5.82 Å². The molecule has 4 nitrogen and oxygen atoms in total. The van der Waals surface area contributed by atoms with Crippen LogP contribution in [0.25, 0.3) is 0 Å². The molecule has 1 atom stereocenters. The van der Waals surface area contributed by atoms with Gasteiger partial charge in [0.15, 0.2) is 0 Å². The van der Waals surface area contributed by atoms with E-state index in [2.05, 4.69) is 11.1 Å². The van der Waals surface area contributed by atoms with Crippen LogP contribution >= 0.6 is 0 Å². The number of nitriles is 2. The Morgan fingerprint density at radius 2 is 2.38 bits per heavy atom. The number of nitrogens with one attached hydrogen (secondary N) is 1.